The van der Waals surface area contributed by atoms with Crippen molar-refractivity contribution in [3.8, 4) is 0 Å². The number of amides is 1. The number of carbonyl (C=O) groups excluding carboxylic acids is 1. The minimum atomic E-state index is -4.43. The maximum Gasteiger partial charge on any atom is 0.416 e. The van der Waals surface area contributed by atoms with Crippen molar-refractivity contribution in [1.29, 1.82) is 0 Å². The summed E-state index contributed by atoms with van der Waals surface area (Å²) in [6.45, 7) is 0.312. The molecule has 36 heavy (non-hydrogen) atoms. The Hall–Kier alpha value is -3.63. The largest absolute Gasteiger partial charge is 0.416 e. The fraction of sp³-hybridized carbons (Fsp3) is 0.160. The van der Waals surface area contributed by atoms with Gasteiger partial charge < -0.3 is 15.5 Å². The van der Waals surface area contributed by atoms with Gasteiger partial charge in [-0.3, -0.25) is 9.78 Å². The van der Waals surface area contributed by atoms with E-state index in [0.717, 1.165) is 29.1 Å². The molecule has 0 bridgehead atoms. The zero-order valence-electron chi connectivity index (χ0n) is 18.5. The number of carbonyl (C=O) groups is 1. The highest BCUT2D eigenvalue weighted by atomic mass is 35.5. The number of anilines is 2. The number of nitrogens with zero attached hydrogens (tertiary/aromatic N) is 2. The number of rotatable bonds is 6. The van der Waals surface area contributed by atoms with Crippen LogP contribution in [-0.4, -0.2) is 29.3 Å². The van der Waals surface area contributed by atoms with E-state index in [4.69, 9.17) is 16.4 Å². The number of halogens is 4. The third-order valence-corrected chi connectivity index (χ3v) is 6.82. The van der Waals surface area contributed by atoms with Crippen molar-refractivity contribution >= 4 is 56.8 Å². The van der Waals surface area contributed by atoms with Gasteiger partial charge in [-0.15, -0.1) is 11.3 Å². The maximum absolute atomic E-state index is 13.0. The Kier molecular flexibility index (Phi) is 6.55. The van der Waals surface area contributed by atoms with Gasteiger partial charge >= 0.3 is 6.18 Å². The van der Waals surface area contributed by atoms with Crippen molar-refractivity contribution in [2.24, 2.45) is 5.16 Å². The van der Waals surface area contributed by atoms with E-state index < -0.39 is 11.7 Å². The molecule has 0 radical (unpaired) electrons. The van der Waals surface area contributed by atoms with Gasteiger partial charge in [0.15, 0.2) is 0 Å². The van der Waals surface area contributed by atoms with Gasteiger partial charge in [-0.1, -0.05) is 35.0 Å². The highest BCUT2D eigenvalue weighted by Crippen LogP contribution is 2.33. The van der Waals surface area contributed by atoms with Gasteiger partial charge in [0.1, 0.15) is 6.10 Å². The van der Waals surface area contributed by atoms with E-state index in [9.17, 15) is 18.0 Å². The molecule has 0 saturated carbocycles. The Morgan fingerprint density at radius 2 is 1.92 bits per heavy atom. The molecular weight excluding hydrogens is 513 g/mol. The zero-order chi connectivity index (χ0) is 25.3. The molecule has 1 aliphatic rings. The highest BCUT2D eigenvalue weighted by molar-refractivity contribution is 7.18. The maximum atomic E-state index is 13.0. The zero-order valence-corrected chi connectivity index (χ0v) is 20.0. The van der Waals surface area contributed by atoms with Crippen LogP contribution in [0.5, 0.6) is 0 Å². The van der Waals surface area contributed by atoms with Gasteiger partial charge in [0.25, 0.3) is 5.91 Å². The van der Waals surface area contributed by atoms with Crippen molar-refractivity contribution in [1.82, 2.24) is 10.3 Å². The first-order valence-corrected chi connectivity index (χ1v) is 12.1. The predicted octanol–water partition coefficient (Wildman–Crippen LogP) is 6.64. The Balaban J connectivity index is 1.21. The summed E-state index contributed by atoms with van der Waals surface area (Å²) in [6, 6.07) is 16.0. The van der Waals surface area contributed by atoms with Gasteiger partial charge in [0.2, 0.25) is 0 Å². The summed E-state index contributed by atoms with van der Waals surface area (Å²) < 4.78 is 39.6. The number of aromatic nitrogens is 1. The van der Waals surface area contributed by atoms with Crippen molar-refractivity contribution < 1.29 is 22.8 Å². The predicted molar refractivity (Wildman–Crippen MR) is 134 cm³/mol. The SMILES string of the molecule is O=C(NCC1CC(c2ccc(Nc3ccnc4cc(C(F)(F)F)ccc34)cc2)=NO1)c1ccc(Cl)s1. The van der Waals surface area contributed by atoms with Gasteiger partial charge in [-0.25, -0.2) is 0 Å². The number of hydrogen-bond donors (Lipinski definition) is 2. The van der Waals surface area contributed by atoms with E-state index in [1.165, 1.54) is 23.6 Å². The van der Waals surface area contributed by atoms with E-state index in [1.54, 1.807) is 18.2 Å². The van der Waals surface area contributed by atoms with Gasteiger partial charge in [-0.05, 0) is 48.0 Å². The van der Waals surface area contributed by atoms with Crippen LogP contribution in [0.3, 0.4) is 0 Å². The standard InChI is InChI=1S/C25H18ClF3N4O2S/c26-23-8-7-22(36-23)24(34)31-13-17-12-20(33-35-17)14-1-4-16(5-2-14)32-19-9-10-30-21-11-15(25(27,28)29)3-6-18(19)21/h1-11,17H,12-13H2,(H,30,32)(H,31,34). The van der Waals surface area contributed by atoms with Crippen molar-refractivity contribution in [3.63, 3.8) is 0 Å². The van der Waals surface area contributed by atoms with Crippen LogP contribution in [0, 0.1) is 0 Å². The lowest BCUT2D eigenvalue weighted by Crippen LogP contribution is -2.31. The quantitative estimate of drug-likeness (QED) is 0.293. The molecule has 1 atom stereocenters. The van der Waals surface area contributed by atoms with E-state index >= 15 is 0 Å². The number of pyridine rings is 1. The van der Waals surface area contributed by atoms with E-state index in [0.29, 0.717) is 33.3 Å². The molecule has 5 rings (SSSR count). The first-order chi connectivity index (χ1) is 17.3. The van der Waals surface area contributed by atoms with Crippen LogP contribution < -0.4 is 10.6 Å². The third-order valence-electron chi connectivity index (χ3n) is 5.59. The molecule has 2 aromatic carbocycles. The number of alkyl halides is 3. The number of thiophene rings is 1. The van der Waals surface area contributed by atoms with Crippen LogP contribution in [0.4, 0.5) is 24.5 Å². The third kappa shape index (κ3) is 5.29. The molecule has 2 aromatic heterocycles. The van der Waals surface area contributed by atoms with Crippen LogP contribution in [-0.2, 0) is 11.0 Å². The average molecular weight is 531 g/mol. The van der Waals surface area contributed by atoms with E-state index in [1.807, 2.05) is 24.3 Å². The molecule has 6 nitrogen and oxygen atoms in total. The topological polar surface area (TPSA) is 75.6 Å². The Morgan fingerprint density at radius 1 is 1.11 bits per heavy atom. The van der Waals surface area contributed by atoms with Crippen molar-refractivity contribution in [2.75, 3.05) is 11.9 Å². The lowest BCUT2D eigenvalue weighted by atomic mass is 10.0. The Labute approximate surface area is 212 Å². The Bertz CT molecular complexity index is 1450. The average Bonchev–Trinajstić information content (AvgIpc) is 3.52. The van der Waals surface area contributed by atoms with E-state index in [2.05, 4.69) is 20.8 Å². The summed E-state index contributed by atoms with van der Waals surface area (Å²) in [6.07, 6.45) is -2.70. The van der Waals surface area contributed by atoms with Crippen LogP contribution in [0.1, 0.15) is 27.2 Å². The fourth-order valence-corrected chi connectivity index (χ4v) is 4.73. The Morgan fingerprint density at radius 3 is 2.64 bits per heavy atom. The van der Waals surface area contributed by atoms with Crippen LogP contribution in [0.25, 0.3) is 10.9 Å². The molecule has 0 fully saturated rings. The number of oxime groups is 1. The monoisotopic (exact) mass is 530 g/mol. The summed E-state index contributed by atoms with van der Waals surface area (Å²) in [4.78, 5) is 22.3. The molecular formula is C25H18ClF3N4O2S. The highest BCUT2D eigenvalue weighted by Gasteiger charge is 2.30. The second-order valence-corrected chi connectivity index (χ2v) is 9.79. The molecule has 2 N–H and O–H groups in total. The molecule has 184 valence electrons. The summed E-state index contributed by atoms with van der Waals surface area (Å²) in [5, 5.41) is 10.8. The lowest BCUT2D eigenvalue weighted by molar-refractivity contribution is -0.137. The summed E-state index contributed by atoms with van der Waals surface area (Å²) in [5.74, 6) is -0.211. The molecule has 1 amide bonds. The number of fused-ring (bicyclic) bond motifs is 1. The van der Waals surface area contributed by atoms with Crippen LogP contribution in [0.15, 0.2) is 72.0 Å². The minimum absolute atomic E-state index is 0.211. The molecule has 0 aliphatic carbocycles. The first-order valence-electron chi connectivity index (χ1n) is 10.9. The van der Waals surface area contributed by atoms with Crippen LogP contribution in [0.2, 0.25) is 4.34 Å². The van der Waals surface area contributed by atoms with Gasteiger partial charge in [0, 0.05) is 29.4 Å². The van der Waals surface area contributed by atoms with Gasteiger partial charge in [0.05, 0.1) is 32.6 Å². The molecule has 4 aromatic rings. The van der Waals surface area contributed by atoms with Gasteiger partial charge in [-0.2, -0.15) is 13.2 Å². The van der Waals surface area contributed by atoms with E-state index in [-0.39, 0.29) is 17.5 Å². The molecule has 1 unspecified atom stereocenters. The van der Waals surface area contributed by atoms with Crippen LogP contribution >= 0.6 is 22.9 Å². The fourth-order valence-electron chi connectivity index (χ4n) is 3.77. The molecule has 0 saturated heterocycles. The number of nitrogens with one attached hydrogen (secondary N) is 2. The molecule has 1 aliphatic heterocycles. The van der Waals surface area contributed by atoms with Crippen molar-refractivity contribution in [3.05, 3.63) is 87.2 Å². The molecule has 11 heteroatoms. The lowest BCUT2D eigenvalue weighted by Gasteiger charge is -2.12. The second-order valence-electron chi connectivity index (χ2n) is 8.07. The second kappa shape index (κ2) is 9.79. The smallest absolute Gasteiger partial charge is 0.390 e. The number of hydrogen-bond acceptors (Lipinski definition) is 6. The summed E-state index contributed by atoms with van der Waals surface area (Å²) in [7, 11) is 0. The molecule has 0 spiro atoms. The normalized spacial score (nSPS) is 15.4. The first kappa shape index (κ1) is 24.1. The van der Waals surface area contributed by atoms with Crippen molar-refractivity contribution in [2.45, 2.75) is 18.7 Å². The summed E-state index contributed by atoms with van der Waals surface area (Å²) >= 11 is 7.08. The summed E-state index contributed by atoms with van der Waals surface area (Å²) in [5.41, 5.74) is 2.54. The number of benzene rings is 2. The molecule has 3 heterocycles. The minimum Gasteiger partial charge on any atom is -0.390 e.